The number of thiazole rings is 1. The third-order valence-electron chi connectivity index (χ3n) is 7.51. The Bertz CT molecular complexity index is 2210. The number of ether oxygens (including phenoxy) is 5. The number of allylic oxidation sites excluding steroid dienone is 1. The molecule has 2 heterocycles. The summed E-state index contributed by atoms with van der Waals surface area (Å²) in [6.45, 7) is 5.19. The number of nitrogens with zero attached hydrogens (tertiary/aromatic N) is 3. The number of esters is 2. The molecule has 13 nitrogen and oxygen atoms in total. The molecule has 1 aliphatic heterocycles. The Hall–Kier alpha value is -4.80. The molecule has 0 saturated heterocycles. The minimum atomic E-state index is -0.980. The van der Waals surface area contributed by atoms with Crippen LogP contribution in [-0.2, 0) is 25.7 Å². The number of fused-ring (bicyclic) bond motifs is 1. The first-order valence-electron chi connectivity index (χ1n) is 15.5. The third kappa shape index (κ3) is 8.40. The second-order valence-corrected chi connectivity index (χ2v) is 13.6. The summed E-state index contributed by atoms with van der Waals surface area (Å²) in [7, 11) is 1.25. The van der Waals surface area contributed by atoms with Crippen molar-refractivity contribution in [2.45, 2.75) is 33.4 Å². The van der Waals surface area contributed by atoms with Crippen molar-refractivity contribution in [3.05, 3.63) is 121 Å². The molecule has 0 amide bonds. The summed E-state index contributed by atoms with van der Waals surface area (Å²) >= 11 is 7.86. The summed E-state index contributed by atoms with van der Waals surface area (Å²) in [4.78, 5) is 55.8. The van der Waals surface area contributed by atoms with Gasteiger partial charge < -0.3 is 23.7 Å². The first-order valence-corrected chi connectivity index (χ1v) is 17.9. The molecule has 1 aliphatic rings. The molecule has 0 radical (unpaired) electrons. The van der Waals surface area contributed by atoms with Crippen LogP contribution < -0.4 is 29.1 Å². The number of aromatic nitrogens is 1. The normalized spacial score (nSPS) is 14.0. The van der Waals surface area contributed by atoms with E-state index >= 15 is 0 Å². The molecule has 1 aromatic heterocycles. The van der Waals surface area contributed by atoms with Crippen molar-refractivity contribution in [1.29, 1.82) is 0 Å². The molecule has 16 heteroatoms. The van der Waals surface area contributed by atoms with Crippen LogP contribution in [0.25, 0.3) is 6.08 Å². The number of carbonyl (C=O) groups excluding carboxylic acids is 2. The molecule has 4 aromatic rings. The van der Waals surface area contributed by atoms with Gasteiger partial charge in [-0.3, -0.25) is 19.5 Å². The molecule has 0 bridgehead atoms. The molecule has 0 fully saturated rings. The standard InChI is InChI=1S/C35H31Br2N3O10S/c1-5-47-27-16-22(9-12-26(27)49-18-29(41)46-4)31-30(34(43)48-6-2)19(3)38-35-39(31)33(42)28(51-35)15-21-13-24(37)32(25(14-21)40(44)45)50-17-20-7-10-23(36)11-8-20/h7-16,31H,5-6,17-18H2,1-4H3/b28-15+/t31-/m1/s1. The Morgan fingerprint density at radius 2 is 1.76 bits per heavy atom. The summed E-state index contributed by atoms with van der Waals surface area (Å²) in [5.41, 5.74) is 1.37. The summed E-state index contributed by atoms with van der Waals surface area (Å²) in [6, 6.07) is 14.2. The molecule has 0 N–H and O–H groups in total. The topological polar surface area (TPSA) is 158 Å². The number of benzene rings is 3. The van der Waals surface area contributed by atoms with E-state index in [2.05, 4.69) is 41.6 Å². The lowest BCUT2D eigenvalue weighted by Gasteiger charge is -2.25. The van der Waals surface area contributed by atoms with Crippen LogP contribution in [-0.4, -0.2) is 48.4 Å². The quantitative estimate of drug-likeness (QED) is 0.0921. The van der Waals surface area contributed by atoms with Crippen molar-refractivity contribution in [1.82, 2.24) is 4.57 Å². The van der Waals surface area contributed by atoms with Crippen LogP contribution in [0, 0.1) is 10.1 Å². The molecular weight excluding hydrogens is 814 g/mol. The molecule has 266 valence electrons. The molecule has 0 spiro atoms. The fourth-order valence-electron chi connectivity index (χ4n) is 5.23. The maximum absolute atomic E-state index is 14.2. The van der Waals surface area contributed by atoms with E-state index < -0.39 is 28.5 Å². The molecule has 5 rings (SSSR count). The van der Waals surface area contributed by atoms with Crippen molar-refractivity contribution in [2.75, 3.05) is 26.9 Å². The molecule has 0 saturated carbocycles. The Morgan fingerprint density at radius 1 is 1.02 bits per heavy atom. The zero-order valence-electron chi connectivity index (χ0n) is 27.8. The van der Waals surface area contributed by atoms with E-state index in [1.54, 1.807) is 45.0 Å². The predicted octanol–water partition coefficient (Wildman–Crippen LogP) is 5.76. The molecular formula is C35H31Br2N3O10S. The zero-order chi connectivity index (χ0) is 36.8. The van der Waals surface area contributed by atoms with E-state index in [1.165, 1.54) is 23.8 Å². The van der Waals surface area contributed by atoms with Crippen LogP contribution in [0.4, 0.5) is 5.69 Å². The van der Waals surface area contributed by atoms with Gasteiger partial charge in [-0.2, -0.15) is 0 Å². The van der Waals surface area contributed by atoms with Gasteiger partial charge in [0.25, 0.3) is 5.56 Å². The van der Waals surface area contributed by atoms with Crippen molar-refractivity contribution in [2.24, 2.45) is 4.99 Å². The van der Waals surface area contributed by atoms with E-state index in [-0.39, 0.29) is 59.5 Å². The maximum Gasteiger partial charge on any atom is 0.343 e. The fraction of sp³-hybridized carbons (Fsp3) is 0.257. The number of halogens is 2. The number of rotatable bonds is 13. The van der Waals surface area contributed by atoms with Crippen LogP contribution in [0.3, 0.4) is 0 Å². The largest absolute Gasteiger partial charge is 0.490 e. The molecule has 3 aromatic carbocycles. The van der Waals surface area contributed by atoms with Gasteiger partial charge in [-0.25, -0.2) is 14.6 Å². The smallest absolute Gasteiger partial charge is 0.343 e. The van der Waals surface area contributed by atoms with E-state index in [9.17, 15) is 24.5 Å². The Kier molecular flexibility index (Phi) is 12.1. The fourth-order valence-corrected chi connectivity index (χ4v) is 7.13. The number of hydrogen-bond donors (Lipinski definition) is 0. The first-order chi connectivity index (χ1) is 24.4. The van der Waals surface area contributed by atoms with E-state index in [1.807, 2.05) is 24.3 Å². The van der Waals surface area contributed by atoms with Gasteiger partial charge in [0.1, 0.15) is 6.61 Å². The average molecular weight is 846 g/mol. The lowest BCUT2D eigenvalue weighted by Crippen LogP contribution is -2.40. The van der Waals surface area contributed by atoms with Crippen molar-refractivity contribution >= 4 is 66.9 Å². The van der Waals surface area contributed by atoms with Crippen LogP contribution in [0.5, 0.6) is 17.2 Å². The third-order valence-corrected chi connectivity index (χ3v) is 9.61. The van der Waals surface area contributed by atoms with Crippen molar-refractivity contribution in [3.63, 3.8) is 0 Å². The highest BCUT2D eigenvalue weighted by Crippen LogP contribution is 2.38. The lowest BCUT2D eigenvalue weighted by molar-refractivity contribution is -0.386. The van der Waals surface area contributed by atoms with E-state index in [4.69, 9.17) is 18.9 Å². The van der Waals surface area contributed by atoms with Crippen LogP contribution in [0.1, 0.15) is 43.5 Å². The lowest BCUT2D eigenvalue weighted by atomic mass is 9.95. The highest BCUT2D eigenvalue weighted by Gasteiger charge is 2.34. The maximum atomic E-state index is 14.2. The molecule has 0 aliphatic carbocycles. The van der Waals surface area contributed by atoms with Crippen LogP contribution in [0.2, 0.25) is 0 Å². The Morgan fingerprint density at radius 3 is 2.43 bits per heavy atom. The van der Waals surface area contributed by atoms with Crippen LogP contribution in [0.15, 0.2) is 84.6 Å². The minimum absolute atomic E-state index is 0.0420. The summed E-state index contributed by atoms with van der Waals surface area (Å²) in [6.07, 6.45) is 1.52. The van der Waals surface area contributed by atoms with E-state index in [0.29, 0.717) is 26.1 Å². The van der Waals surface area contributed by atoms with Crippen LogP contribution >= 0.6 is 43.2 Å². The highest BCUT2D eigenvalue weighted by molar-refractivity contribution is 9.10. The SMILES string of the molecule is CCOC(=O)C1=C(C)N=c2s/c(=C/c3cc(Br)c(OCc4ccc(Br)cc4)c([N+](=O)[O-])c3)c(=O)n2[C@@H]1c1ccc(OCC(=O)OC)c(OCC)c1. The van der Waals surface area contributed by atoms with Gasteiger partial charge in [-0.1, -0.05) is 45.5 Å². The van der Waals surface area contributed by atoms with E-state index in [0.717, 1.165) is 21.4 Å². The summed E-state index contributed by atoms with van der Waals surface area (Å²) in [5, 5.41) is 12.2. The summed E-state index contributed by atoms with van der Waals surface area (Å²) in [5.74, 6) is -0.663. The number of hydrogen-bond acceptors (Lipinski definition) is 12. The van der Waals surface area contributed by atoms with Gasteiger partial charge in [0.2, 0.25) is 5.75 Å². The van der Waals surface area contributed by atoms with Crippen molar-refractivity contribution in [3.8, 4) is 17.2 Å². The Labute approximate surface area is 312 Å². The van der Waals surface area contributed by atoms with Gasteiger partial charge in [-0.15, -0.1) is 0 Å². The Balaban J connectivity index is 1.60. The second-order valence-electron chi connectivity index (χ2n) is 10.8. The van der Waals surface area contributed by atoms with Gasteiger partial charge in [0.05, 0.1) is 51.6 Å². The first kappa shape index (κ1) is 37.5. The monoisotopic (exact) mass is 843 g/mol. The predicted molar refractivity (Wildman–Crippen MR) is 195 cm³/mol. The number of nitro groups is 1. The zero-order valence-corrected chi connectivity index (χ0v) is 31.8. The van der Waals surface area contributed by atoms with Gasteiger partial charge >= 0.3 is 17.6 Å². The number of nitro benzene ring substituents is 1. The van der Waals surface area contributed by atoms with Gasteiger partial charge in [0.15, 0.2) is 22.9 Å². The highest BCUT2D eigenvalue weighted by atomic mass is 79.9. The number of carbonyl (C=O) groups is 2. The number of methoxy groups -OCH3 is 1. The minimum Gasteiger partial charge on any atom is -0.490 e. The molecule has 51 heavy (non-hydrogen) atoms. The van der Waals surface area contributed by atoms with Crippen molar-refractivity contribution < 1.29 is 38.2 Å². The molecule has 1 atom stereocenters. The summed E-state index contributed by atoms with van der Waals surface area (Å²) < 4.78 is 30.1. The van der Waals surface area contributed by atoms with Gasteiger partial charge in [-0.05, 0) is 89.8 Å². The second kappa shape index (κ2) is 16.5. The molecule has 0 unspecified atom stereocenters. The average Bonchev–Trinajstić information content (AvgIpc) is 3.40. The van der Waals surface area contributed by atoms with Gasteiger partial charge in [0, 0.05) is 10.5 Å².